The van der Waals surface area contributed by atoms with Crippen LogP contribution in [0.4, 0.5) is 0 Å². The zero-order chi connectivity index (χ0) is 10.8. The molecular weight excluding hydrogens is 199 g/mol. The van der Waals surface area contributed by atoms with Crippen molar-refractivity contribution in [3.8, 4) is 11.5 Å². The Kier molecular flexibility index (Phi) is 2.22. The Balaban J connectivity index is 1.94. The van der Waals surface area contributed by atoms with Crippen molar-refractivity contribution in [1.29, 1.82) is 0 Å². The molecule has 0 unspecified atom stereocenters. The number of fused-ring (bicyclic) bond motifs is 1. The summed E-state index contributed by atoms with van der Waals surface area (Å²) in [5.41, 5.74) is 0.875. The van der Waals surface area contributed by atoms with Crippen LogP contribution in [0.2, 0.25) is 0 Å². The second kappa shape index (κ2) is 3.85. The minimum absolute atomic E-state index is 0.820. The summed E-state index contributed by atoms with van der Waals surface area (Å²) in [6.45, 7) is 1.92. The SMILES string of the molecule is b1coc2ccc(Oc3ccccc3)cc12. The molecule has 1 heterocycles. The van der Waals surface area contributed by atoms with E-state index in [0.717, 1.165) is 22.4 Å². The van der Waals surface area contributed by atoms with Crippen molar-refractivity contribution in [2.24, 2.45) is 0 Å². The fourth-order valence-electron chi connectivity index (χ4n) is 1.63. The molecule has 3 aromatic rings. The summed E-state index contributed by atoms with van der Waals surface area (Å²) in [4.78, 5) is 0. The molecule has 0 radical (unpaired) electrons. The van der Waals surface area contributed by atoms with Gasteiger partial charge in [0.15, 0.2) is 0 Å². The molecule has 0 aliphatic rings. The van der Waals surface area contributed by atoms with E-state index in [1.54, 1.807) is 6.16 Å². The fraction of sp³-hybridized carbons (Fsp3) is 0. The van der Waals surface area contributed by atoms with Crippen molar-refractivity contribution in [2.75, 3.05) is 0 Å². The number of para-hydroxylation sites is 1. The van der Waals surface area contributed by atoms with Crippen molar-refractivity contribution < 1.29 is 9.15 Å². The van der Waals surface area contributed by atoms with E-state index in [-0.39, 0.29) is 0 Å². The van der Waals surface area contributed by atoms with Crippen LogP contribution in [-0.4, -0.2) is 6.91 Å². The van der Waals surface area contributed by atoms with Gasteiger partial charge in [0.05, 0.1) is 0 Å². The Hall–Kier alpha value is -2.03. The summed E-state index contributed by atoms with van der Waals surface area (Å²) in [5.74, 6) is 1.66. The third-order valence-corrected chi connectivity index (χ3v) is 2.40. The molecule has 0 saturated heterocycles. The van der Waals surface area contributed by atoms with Gasteiger partial charge >= 0.3 is 93.1 Å². The van der Waals surface area contributed by atoms with Gasteiger partial charge in [0.25, 0.3) is 0 Å². The molecule has 0 amide bonds. The van der Waals surface area contributed by atoms with Gasteiger partial charge < -0.3 is 0 Å². The molecule has 0 atom stereocenters. The summed E-state index contributed by atoms with van der Waals surface area (Å²) in [6, 6.07) is 15.5. The number of ether oxygens (including phenoxy) is 1. The van der Waals surface area contributed by atoms with E-state index < -0.39 is 0 Å². The van der Waals surface area contributed by atoms with Crippen molar-refractivity contribution in [3.63, 3.8) is 0 Å². The van der Waals surface area contributed by atoms with Crippen molar-refractivity contribution in [1.82, 2.24) is 0 Å². The molecule has 16 heavy (non-hydrogen) atoms. The van der Waals surface area contributed by atoms with Gasteiger partial charge in [-0.05, 0) is 0 Å². The van der Waals surface area contributed by atoms with Crippen LogP contribution in [0.15, 0.2) is 59.1 Å². The Morgan fingerprint density at radius 2 is 1.81 bits per heavy atom. The second-order valence-corrected chi connectivity index (χ2v) is 3.54. The van der Waals surface area contributed by atoms with E-state index in [1.807, 2.05) is 55.4 Å². The maximum atomic E-state index is 5.71. The van der Waals surface area contributed by atoms with Gasteiger partial charge in [-0.15, -0.1) is 0 Å². The van der Waals surface area contributed by atoms with Crippen LogP contribution in [0.1, 0.15) is 0 Å². The van der Waals surface area contributed by atoms with Gasteiger partial charge in [-0.1, -0.05) is 0 Å². The fourth-order valence-corrected chi connectivity index (χ4v) is 1.63. The molecule has 0 spiro atoms. The van der Waals surface area contributed by atoms with Crippen LogP contribution in [0.3, 0.4) is 0 Å². The van der Waals surface area contributed by atoms with Crippen molar-refractivity contribution in [3.05, 3.63) is 54.7 Å². The molecule has 0 saturated carbocycles. The van der Waals surface area contributed by atoms with Gasteiger partial charge in [0.2, 0.25) is 0 Å². The number of hydrogen-bond acceptors (Lipinski definition) is 2. The monoisotopic (exact) mass is 208 g/mol. The molecule has 0 aliphatic carbocycles. The van der Waals surface area contributed by atoms with Crippen LogP contribution < -0.4 is 4.74 Å². The minimum atomic E-state index is 0.820. The third kappa shape index (κ3) is 1.72. The molecule has 76 valence electrons. The molecule has 0 N–H and O–H groups in total. The molecule has 0 aliphatic heterocycles. The average Bonchev–Trinajstić information content (AvgIpc) is 2.77. The number of hydrogen-bond donors (Lipinski definition) is 0. The van der Waals surface area contributed by atoms with E-state index in [2.05, 4.69) is 0 Å². The quantitative estimate of drug-likeness (QED) is 0.642. The predicted octanol–water partition coefficient (Wildman–Crippen LogP) is 3.56. The molecule has 0 fully saturated rings. The molecule has 2 nitrogen and oxygen atoms in total. The topological polar surface area (TPSA) is 22.4 Å². The van der Waals surface area contributed by atoms with Crippen molar-refractivity contribution in [2.45, 2.75) is 0 Å². The van der Waals surface area contributed by atoms with Gasteiger partial charge in [0.1, 0.15) is 0 Å². The molecule has 3 rings (SSSR count). The zero-order valence-electron chi connectivity index (χ0n) is 8.59. The van der Waals surface area contributed by atoms with E-state index in [0.29, 0.717) is 0 Å². The van der Waals surface area contributed by atoms with Gasteiger partial charge in [0, 0.05) is 0 Å². The van der Waals surface area contributed by atoms with E-state index in [9.17, 15) is 0 Å². The van der Waals surface area contributed by atoms with Crippen LogP contribution >= 0.6 is 0 Å². The summed E-state index contributed by atoms with van der Waals surface area (Å²) >= 11 is 0. The zero-order valence-corrected chi connectivity index (χ0v) is 8.59. The second-order valence-electron chi connectivity index (χ2n) is 3.54. The summed E-state index contributed by atoms with van der Waals surface area (Å²) in [5, 5.41) is 1.05. The first kappa shape index (κ1) is 9.22. The molecule has 1 aromatic heterocycles. The third-order valence-electron chi connectivity index (χ3n) is 2.40. The Labute approximate surface area is 93.7 Å². The molecule has 0 bridgehead atoms. The van der Waals surface area contributed by atoms with Crippen LogP contribution in [0.25, 0.3) is 10.9 Å². The Morgan fingerprint density at radius 1 is 0.938 bits per heavy atom. The van der Waals surface area contributed by atoms with E-state index in [1.165, 1.54) is 0 Å². The normalized spacial score (nSPS) is 10.2. The summed E-state index contributed by atoms with van der Waals surface area (Å²) in [6.07, 6.45) is 1.68. The first-order valence-corrected chi connectivity index (χ1v) is 5.12. The Bertz CT molecular complexity index is 601. The summed E-state index contributed by atoms with van der Waals surface area (Å²) in [7, 11) is 0. The maximum absolute atomic E-state index is 5.71. The van der Waals surface area contributed by atoms with Crippen LogP contribution in [0.5, 0.6) is 11.5 Å². The van der Waals surface area contributed by atoms with Crippen molar-refractivity contribution >= 4 is 17.8 Å². The van der Waals surface area contributed by atoms with Crippen LogP contribution in [0, 0.1) is 0 Å². The average molecular weight is 208 g/mol. The van der Waals surface area contributed by atoms with E-state index >= 15 is 0 Å². The molecule has 3 heteroatoms. The standard InChI is InChI=1S/C13H9BO2/c1-2-4-10(5-3-1)16-11-6-7-13-12(8-11)14-9-15-13/h1-9H. The first-order chi connectivity index (χ1) is 7.92. The van der Waals surface area contributed by atoms with Gasteiger partial charge in [-0.3, -0.25) is 0 Å². The number of rotatable bonds is 2. The molecule has 2 aromatic carbocycles. The van der Waals surface area contributed by atoms with E-state index in [4.69, 9.17) is 9.15 Å². The Morgan fingerprint density at radius 3 is 2.69 bits per heavy atom. The number of benzene rings is 2. The first-order valence-electron chi connectivity index (χ1n) is 5.12. The predicted molar refractivity (Wildman–Crippen MR) is 64.1 cm³/mol. The van der Waals surface area contributed by atoms with Crippen LogP contribution in [-0.2, 0) is 0 Å². The summed E-state index contributed by atoms with van der Waals surface area (Å²) < 4.78 is 11.0. The van der Waals surface area contributed by atoms with Gasteiger partial charge in [-0.2, -0.15) is 0 Å². The molecular formula is C13H9BO2. The van der Waals surface area contributed by atoms with Gasteiger partial charge in [-0.25, -0.2) is 0 Å².